The first kappa shape index (κ1) is 59.9. The number of rotatable bonds is 25. The quantitative estimate of drug-likeness (QED) is 0.0242. The molecular weight excluding hydrogens is 1030 g/mol. The Morgan fingerprint density at radius 3 is 0.984 bits per heavy atom. The SMILES string of the molecule is O=C(CC(CSOOO)C(=O)OCC(F)(F)C(F)(F)C(F)(F)C(F)(F)C(F)(F)C(F)(F)C(F)(F)C(F)F)OCC(F)(F)C(F)(F)C(F)(F)C(F)(F)C(F)(F)C(F)(F)C(F)(F)C(F)F. The number of carbonyl (C=O) groups excluding carboxylic acids is 2. The Bertz CT molecular complexity index is 1580. The highest BCUT2D eigenvalue weighted by Crippen LogP contribution is 2.64. The average Bonchev–Trinajstić information content (AvgIpc) is 3.11. The van der Waals surface area contributed by atoms with E-state index in [1.54, 1.807) is 0 Å². The molecule has 0 aliphatic rings. The van der Waals surface area contributed by atoms with Gasteiger partial charge < -0.3 is 9.47 Å². The molecule has 0 fully saturated rings. The molecule has 0 amide bonds. The molecule has 0 saturated carbocycles. The van der Waals surface area contributed by atoms with E-state index >= 15 is 0 Å². The molecule has 1 atom stereocenters. The number of hydrogen-bond donors (Lipinski definition) is 1. The van der Waals surface area contributed by atoms with E-state index in [9.17, 15) is 150 Å². The van der Waals surface area contributed by atoms with Crippen molar-refractivity contribution in [3.05, 3.63) is 0 Å². The zero-order valence-corrected chi connectivity index (χ0v) is 28.8. The lowest BCUT2D eigenvalue weighted by atomic mass is 9.89. The van der Waals surface area contributed by atoms with E-state index in [4.69, 9.17) is 5.26 Å². The van der Waals surface area contributed by atoms with Gasteiger partial charge in [-0.2, -0.15) is 123 Å². The minimum Gasteiger partial charge on any atom is -0.459 e. The Balaban J connectivity index is 6.56. The molecule has 0 aromatic rings. The first-order valence-electron chi connectivity index (χ1n) is 14.1. The monoisotopic (exact) mass is 1040 g/mol. The fourth-order valence-corrected chi connectivity index (χ4v) is 4.09. The van der Waals surface area contributed by atoms with Crippen molar-refractivity contribution in [3.8, 4) is 0 Å². The van der Waals surface area contributed by atoms with Gasteiger partial charge in [0.15, 0.2) is 13.2 Å². The van der Waals surface area contributed by atoms with Crippen molar-refractivity contribution in [2.24, 2.45) is 5.92 Å². The van der Waals surface area contributed by atoms with Crippen LogP contribution in [0.4, 0.5) is 140 Å². The van der Waals surface area contributed by atoms with Gasteiger partial charge in [-0.3, -0.25) is 9.59 Å². The first-order valence-corrected chi connectivity index (χ1v) is 15.0. The van der Waals surface area contributed by atoms with Gasteiger partial charge in [-0.05, 0) is 0 Å². The zero-order chi connectivity index (χ0) is 51.3. The summed E-state index contributed by atoms with van der Waals surface area (Å²) in [5, 5.41) is 10.8. The molecule has 0 radical (unpaired) electrons. The molecule has 0 aromatic heterocycles. The predicted molar refractivity (Wildman–Crippen MR) is 129 cm³/mol. The maximum atomic E-state index is 14.1. The molecule has 0 bridgehead atoms. The second-order valence-electron chi connectivity index (χ2n) is 11.6. The van der Waals surface area contributed by atoms with E-state index in [-0.39, 0.29) is 0 Å². The van der Waals surface area contributed by atoms with Crippen LogP contribution >= 0.6 is 12.0 Å². The van der Waals surface area contributed by atoms with E-state index in [2.05, 4.69) is 18.8 Å². The lowest BCUT2D eigenvalue weighted by molar-refractivity contribution is -0.447. The Morgan fingerprint density at radius 2 is 0.698 bits per heavy atom. The number of alkyl halides is 32. The third-order valence-electron chi connectivity index (χ3n) is 7.36. The lowest BCUT2D eigenvalue weighted by Crippen LogP contribution is -2.74. The molecule has 376 valence electrons. The van der Waals surface area contributed by atoms with Gasteiger partial charge in [0.05, 0.1) is 12.3 Å². The van der Waals surface area contributed by atoms with Crippen molar-refractivity contribution >= 4 is 24.0 Å². The van der Waals surface area contributed by atoms with Gasteiger partial charge in [-0.25, -0.2) is 22.8 Å². The van der Waals surface area contributed by atoms with Gasteiger partial charge in [0.1, 0.15) is 0 Å². The molecule has 0 saturated heterocycles. The summed E-state index contributed by atoms with van der Waals surface area (Å²) in [6.07, 6.45) is -14.9. The molecule has 63 heavy (non-hydrogen) atoms. The normalized spacial score (nSPS) is 16.2. The molecule has 1 N–H and O–H groups in total. The van der Waals surface area contributed by atoms with Crippen LogP contribution in [0.1, 0.15) is 6.42 Å². The van der Waals surface area contributed by atoms with E-state index in [1.807, 2.05) is 0 Å². The van der Waals surface area contributed by atoms with Gasteiger partial charge in [0, 0.05) is 17.8 Å². The van der Waals surface area contributed by atoms with Gasteiger partial charge >= 0.3 is 108 Å². The van der Waals surface area contributed by atoms with Crippen LogP contribution in [0.15, 0.2) is 0 Å². The molecule has 0 aliphatic carbocycles. The maximum Gasteiger partial charge on any atom is 0.385 e. The van der Waals surface area contributed by atoms with Crippen LogP contribution in [0, 0.1) is 5.92 Å². The van der Waals surface area contributed by atoms with Crippen molar-refractivity contribution in [3.63, 3.8) is 0 Å². The Labute approximate surface area is 326 Å². The van der Waals surface area contributed by atoms with Crippen molar-refractivity contribution < 1.29 is 174 Å². The second-order valence-corrected chi connectivity index (χ2v) is 12.3. The molecule has 0 aliphatic heterocycles. The van der Waals surface area contributed by atoms with Gasteiger partial charge in [0.2, 0.25) is 0 Å². The smallest absolute Gasteiger partial charge is 0.385 e. The van der Waals surface area contributed by atoms with E-state index < -0.39 is 151 Å². The van der Waals surface area contributed by atoms with Gasteiger partial charge in [-0.1, -0.05) is 5.04 Å². The Morgan fingerprint density at radius 1 is 0.429 bits per heavy atom. The van der Waals surface area contributed by atoms with Crippen LogP contribution in [0.25, 0.3) is 0 Å². The molecule has 0 aromatic carbocycles. The van der Waals surface area contributed by atoms with Gasteiger partial charge in [-0.15, -0.1) is 4.33 Å². The summed E-state index contributed by atoms with van der Waals surface area (Å²) in [4.78, 5) is 23.9. The van der Waals surface area contributed by atoms with Gasteiger partial charge in [0.25, 0.3) is 0 Å². The minimum absolute atomic E-state index is 0.759. The summed E-state index contributed by atoms with van der Waals surface area (Å²) in [7, 11) is 0. The maximum absolute atomic E-state index is 14.1. The molecule has 0 rings (SSSR count). The molecule has 0 spiro atoms. The van der Waals surface area contributed by atoms with Crippen molar-refractivity contribution in [2.75, 3.05) is 19.0 Å². The van der Waals surface area contributed by atoms with E-state index in [1.165, 1.54) is 0 Å². The Kier molecular flexibility index (Phi) is 17.1. The highest BCUT2D eigenvalue weighted by molar-refractivity contribution is 7.94. The molecular formula is C23H12F32O7S. The van der Waals surface area contributed by atoms with Crippen LogP contribution in [0.5, 0.6) is 0 Å². The first-order chi connectivity index (χ1) is 27.3. The van der Waals surface area contributed by atoms with Crippen LogP contribution in [0.2, 0.25) is 0 Å². The summed E-state index contributed by atoms with van der Waals surface area (Å²) in [5.41, 5.74) is 0. The molecule has 1 unspecified atom stereocenters. The highest BCUT2D eigenvalue weighted by atomic mass is 32.2. The Hall–Kier alpha value is -3.07. The van der Waals surface area contributed by atoms with Crippen molar-refractivity contribution in [1.29, 1.82) is 0 Å². The van der Waals surface area contributed by atoms with E-state index in [0.29, 0.717) is 0 Å². The summed E-state index contributed by atoms with van der Waals surface area (Å²) >= 11 is -0.759. The number of esters is 2. The fraction of sp³-hybridized carbons (Fsp3) is 0.913. The standard InChI is InChI=1S/C23H12F32O7S/c24-8(25)12(32,33)16(40,41)20(48,49)22(52,53)18(44,45)14(36,37)10(28,29)3-59-6(56)1-5(2-63-62-61-58)7(57)60-4-11(30,31)15(38,39)19(46,47)23(54,55)21(50,51)17(42,43)13(34,35)9(26)27/h5,8-9,58H,1-4H2. The minimum atomic E-state index is -8.96. The van der Waals surface area contributed by atoms with E-state index in [0.717, 1.165) is 0 Å². The lowest BCUT2D eigenvalue weighted by Gasteiger charge is -2.42. The number of halogens is 32. The topological polar surface area (TPSA) is 91.3 Å². The number of hydrogen-bond acceptors (Lipinski definition) is 8. The third kappa shape index (κ3) is 9.48. The average molecular weight is 1040 g/mol. The fourth-order valence-electron chi connectivity index (χ4n) is 3.57. The highest BCUT2D eigenvalue weighted by Gasteiger charge is 2.95. The van der Waals surface area contributed by atoms with Crippen LogP contribution in [-0.2, 0) is 28.4 Å². The predicted octanol–water partition coefficient (Wildman–Crippen LogP) is 10.6. The summed E-state index contributed by atoms with van der Waals surface area (Å²) in [6.45, 7) is -8.01. The molecule has 7 nitrogen and oxygen atoms in total. The van der Waals surface area contributed by atoms with Crippen LogP contribution in [-0.4, -0.2) is 132 Å². The number of carbonyl (C=O) groups is 2. The second kappa shape index (κ2) is 18.0. The van der Waals surface area contributed by atoms with Crippen molar-refractivity contribution in [1.82, 2.24) is 0 Å². The molecule has 40 heteroatoms. The summed E-state index contributed by atoms with van der Waals surface area (Å²) in [5.74, 6) is -129. The zero-order valence-electron chi connectivity index (χ0n) is 28.0. The summed E-state index contributed by atoms with van der Waals surface area (Å²) in [6, 6.07) is 0. The molecule has 0 heterocycles. The summed E-state index contributed by atoms with van der Waals surface area (Å²) < 4.78 is 440. The van der Waals surface area contributed by atoms with Crippen LogP contribution in [0.3, 0.4) is 0 Å². The number of ether oxygens (including phenoxy) is 2. The largest absolute Gasteiger partial charge is 0.459 e. The van der Waals surface area contributed by atoms with Crippen molar-refractivity contribution in [2.45, 2.75) is 102 Å². The third-order valence-corrected chi connectivity index (χ3v) is 8.06. The van der Waals surface area contributed by atoms with Crippen LogP contribution < -0.4 is 0 Å².